The van der Waals surface area contributed by atoms with Gasteiger partial charge in [-0.2, -0.15) is 0 Å². The molecule has 0 saturated carbocycles. The second kappa shape index (κ2) is 10.3. The Morgan fingerprint density at radius 2 is 2.05 bits per heavy atom. The number of ether oxygens (including phenoxy) is 1. The van der Waals surface area contributed by atoms with Crippen LogP contribution in [0, 0.1) is 13.8 Å². The molecule has 1 atom stereocenters. The van der Waals surface area contributed by atoms with Gasteiger partial charge in [0.2, 0.25) is 0 Å². The fourth-order valence-electron chi connectivity index (χ4n) is 2.47. The highest BCUT2D eigenvalue weighted by molar-refractivity contribution is 5.85. The molecular weight excluding hydrogens is 323 g/mol. The van der Waals surface area contributed by atoms with Gasteiger partial charge in [-0.05, 0) is 56.5 Å². The van der Waals surface area contributed by atoms with Crippen molar-refractivity contribution in [1.29, 1.82) is 0 Å². The molecule has 1 fully saturated rings. The van der Waals surface area contributed by atoms with E-state index >= 15 is 0 Å². The van der Waals surface area contributed by atoms with Crippen LogP contribution in [0.25, 0.3) is 0 Å². The van der Waals surface area contributed by atoms with Gasteiger partial charge in [0, 0.05) is 19.6 Å². The number of aliphatic hydroxyl groups is 1. The highest BCUT2D eigenvalue weighted by atomic mass is 35.5. The predicted octanol–water partition coefficient (Wildman–Crippen LogP) is 2.23. The zero-order valence-electron chi connectivity index (χ0n) is 13.4. The van der Waals surface area contributed by atoms with Gasteiger partial charge in [0.25, 0.3) is 0 Å². The summed E-state index contributed by atoms with van der Waals surface area (Å²) >= 11 is 0. The van der Waals surface area contributed by atoms with E-state index in [1.807, 2.05) is 6.07 Å². The number of hydrogen-bond donors (Lipinski definition) is 3. The van der Waals surface area contributed by atoms with Crippen LogP contribution in [0.4, 0.5) is 0 Å². The molecule has 1 saturated heterocycles. The second-order valence-electron chi connectivity index (χ2n) is 5.78. The van der Waals surface area contributed by atoms with E-state index in [4.69, 9.17) is 4.74 Å². The van der Waals surface area contributed by atoms with Crippen LogP contribution in [0.1, 0.15) is 24.0 Å². The third kappa shape index (κ3) is 6.71. The molecule has 1 aromatic carbocycles. The molecule has 128 valence electrons. The lowest BCUT2D eigenvalue weighted by atomic mass is 9.94. The van der Waals surface area contributed by atoms with E-state index in [9.17, 15) is 5.11 Å². The lowest BCUT2D eigenvalue weighted by Crippen LogP contribution is -2.52. The first-order valence-electron chi connectivity index (χ1n) is 7.43. The molecule has 0 spiro atoms. The summed E-state index contributed by atoms with van der Waals surface area (Å²) < 4.78 is 5.70. The molecular formula is C16H28Cl2N2O2. The Morgan fingerprint density at radius 1 is 1.27 bits per heavy atom. The van der Waals surface area contributed by atoms with Gasteiger partial charge in [-0.3, -0.25) is 0 Å². The van der Waals surface area contributed by atoms with Gasteiger partial charge in [-0.25, -0.2) is 0 Å². The van der Waals surface area contributed by atoms with Crippen molar-refractivity contribution < 1.29 is 9.84 Å². The Bertz CT molecular complexity index is 438. The topological polar surface area (TPSA) is 53.5 Å². The molecule has 0 bridgehead atoms. The number of aryl methyl sites for hydroxylation is 2. The molecule has 0 aromatic heterocycles. The third-order valence-electron chi connectivity index (χ3n) is 3.93. The molecule has 1 aromatic rings. The van der Waals surface area contributed by atoms with Crippen LogP contribution in [-0.4, -0.2) is 43.5 Å². The fraction of sp³-hybridized carbons (Fsp3) is 0.625. The maximum Gasteiger partial charge on any atom is 0.119 e. The van der Waals surface area contributed by atoms with Crippen molar-refractivity contribution in [2.24, 2.45) is 0 Å². The number of nitrogens with one attached hydrogen (secondary N) is 2. The normalized spacial score (nSPS) is 20.7. The van der Waals surface area contributed by atoms with Crippen molar-refractivity contribution >= 4 is 24.8 Å². The van der Waals surface area contributed by atoms with Crippen molar-refractivity contribution in [2.45, 2.75) is 32.3 Å². The standard InChI is InChI=1S/C16H26N2O2.2ClH/c1-13-4-5-15(10-14(13)2)20-9-8-18-12-16(19)6-3-7-17-11-16;;/h4-5,10,17-19H,3,6-9,11-12H2,1-2H3;2*1H. The number of β-amino-alcohol motifs (C(OH)–C–C–N with tert-alkyl or cyclic N) is 1. The predicted molar refractivity (Wildman–Crippen MR) is 95.8 cm³/mol. The average molecular weight is 351 g/mol. The monoisotopic (exact) mass is 350 g/mol. The first-order chi connectivity index (χ1) is 9.59. The number of hydrogen-bond acceptors (Lipinski definition) is 4. The third-order valence-corrected chi connectivity index (χ3v) is 3.93. The lowest BCUT2D eigenvalue weighted by molar-refractivity contribution is 0.0167. The molecule has 1 heterocycles. The summed E-state index contributed by atoms with van der Waals surface area (Å²) in [5.74, 6) is 0.910. The van der Waals surface area contributed by atoms with Gasteiger partial charge in [-0.15, -0.1) is 24.8 Å². The lowest BCUT2D eigenvalue weighted by Gasteiger charge is -2.32. The van der Waals surface area contributed by atoms with Crippen LogP contribution >= 0.6 is 24.8 Å². The molecule has 1 aliphatic heterocycles. The van der Waals surface area contributed by atoms with E-state index in [-0.39, 0.29) is 24.8 Å². The van der Waals surface area contributed by atoms with Crippen molar-refractivity contribution in [2.75, 3.05) is 32.8 Å². The maximum atomic E-state index is 10.3. The summed E-state index contributed by atoms with van der Waals surface area (Å²) in [6, 6.07) is 6.14. The van der Waals surface area contributed by atoms with E-state index < -0.39 is 5.60 Å². The van der Waals surface area contributed by atoms with Crippen molar-refractivity contribution in [3.8, 4) is 5.75 Å². The molecule has 0 aliphatic carbocycles. The maximum absolute atomic E-state index is 10.3. The molecule has 2 rings (SSSR count). The molecule has 1 unspecified atom stereocenters. The van der Waals surface area contributed by atoms with Gasteiger partial charge >= 0.3 is 0 Å². The van der Waals surface area contributed by atoms with Gasteiger partial charge < -0.3 is 20.5 Å². The second-order valence-corrected chi connectivity index (χ2v) is 5.78. The van der Waals surface area contributed by atoms with E-state index in [0.29, 0.717) is 19.7 Å². The minimum Gasteiger partial charge on any atom is -0.492 e. The van der Waals surface area contributed by atoms with E-state index in [0.717, 1.165) is 31.7 Å². The molecule has 1 aliphatic rings. The van der Waals surface area contributed by atoms with Crippen LogP contribution in [0.5, 0.6) is 5.75 Å². The molecule has 0 radical (unpaired) electrons. The summed E-state index contributed by atoms with van der Waals surface area (Å²) in [7, 11) is 0. The minimum absolute atomic E-state index is 0. The summed E-state index contributed by atoms with van der Waals surface area (Å²) in [5, 5.41) is 16.8. The number of benzene rings is 1. The number of piperidine rings is 1. The molecule has 6 heteroatoms. The first-order valence-corrected chi connectivity index (χ1v) is 7.43. The van der Waals surface area contributed by atoms with Crippen molar-refractivity contribution in [3.63, 3.8) is 0 Å². The molecule has 3 N–H and O–H groups in total. The van der Waals surface area contributed by atoms with E-state index in [1.165, 1.54) is 11.1 Å². The smallest absolute Gasteiger partial charge is 0.119 e. The summed E-state index contributed by atoms with van der Waals surface area (Å²) in [6.45, 7) is 7.86. The van der Waals surface area contributed by atoms with Gasteiger partial charge in [0.1, 0.15) is 12.4 Å². The Morgan fingerprint density at radius 3 is 2.68 bits per heavy atom. The van der Waals surface area contributed by atoms with Gasteiger partial charge in [0.15, 0.2) is 0 Å². The van der Waals surface area contributed by atoms with Crippen molar-refractivity contribution in [1.82, 2.24) is 10.6 Å². The van der Waals surface area contributed by atoms with Crippen LogP contribution in [0.15, 0.2) is 18.2 Å². The average Bonchev–Trinajstić information content (AvgIpc) is 2.43. The van der Waals surface area contributed by atoms with Crippen molar-refractivity contribution in [3.05, 3.63) is 29.3 Å². The van der Waals surface area contributed by atoms with E-state index in [1.54, 1.807) is 0 Å². The molecule has 0 amide bonds. The van der Waals surface area contributed by atoms with Crippen LogP contribution in [0.3, 0.4) is 0 Å². The van der Waals surface area contributed by atoms with E-state index in [2.05, 4.69) is 36.6 Å². The van der Waals surface area contributed by atoms with Crippen LogP contribution in [-0.2, 0) is 0 Å². The quantitative estimate of drug-likeness (QED) is 0.688. The SMILES string of the molecule is Cc1ccc(OCCNCC2(O)CCCNC2)cc1C.Cl.Cl. The Hall–Kier alpha value is -0.520. The largest absolute Gasteiger partial charge is 0.492 e. The molecule has 22 heavy (non-hydrogen) atoms. The van der Waals surface area contributed by atoms with Crippen LogP contribution < -0.4 is 15.4 Å². The number of rotatable bonds is 6. The summed E-state index contributed by atoms with van der Waals surface area (Å²) in [5.41, 5.74) is 1.93. The highest BCUT2D eigenvalue weighted by Gasteiger charge is 2.28. The first kappa shape index (κ1) is 21.5. The zero-order chi connectivity index (χ0) is 14.4. The Labute approximate surface area is 145 Å². The zero-order valence-corrected chi connectivity index (χ0v) is 15.0. The van der Waals surface area contributed by atoms with Gasteiger partial charge in [-0.1, -0.05) is 6.07 Å². The Kier molecular flexibility index (Phi) is 10.0. The molecule has 4 nitrogen and oxygen atoms in total. The minimum atomic E-state index is -0.599. The summed E-state index contributed by atoms with van der Waals surface area (Å²) in [6.07, 6.45) is 1.91. The number of halogens is 2. The van der Waals surface area contributed by atoms with Crippen LogP contribution in [0.2, 0.25) is 0 Å². The van der Waals surface area contributed by atoms with Gasteiger partial charge in [0.05, 0.1) is 5.60 Å². The Balaban J connectivity index is 0.00000220. The highest BCUT2D eigenvalue weighted by Crippen LogP contribution is 2.16. The fourth-order valence-corrected chi connectivity index (χ4v) is 2.47. The summed E-state index contributed by atoms with van der Waals surface area (Å²) in [4.78, 5) is 0.